The van der Waals surface area contributed by atoms with E-state index in [0.29, 0.717) is 6.04 Å². The molecule has 0 bridgehead atoms. The molecule has 0 heterocycles. The molecule has 2 rings (SSSR count). The quantitative estimate of drug-likeness (QED) is 0.719. The van der Waals surface area contributed by atoms with E-state index in [1.807, 2.05) is 6.07 Å². The zero-order valence-corrected chi connectivity index (χ0v) is 13.7. The van der Waals surface area contributed by atoms with E-state index in [0.717, 1.165) is 31.2 Å². The average Bonchev–Trinajstić information content (AvgIpc) is 2.80. The zero-order valence-electron chi connectivity index (χ0n) is 13.7. The maximum absolute atomic E-state index is 5.71. The van der Waals surface area contributed by atoms with E-state index in [1.54, 1.807) is 0 Å². The lowest BCUT2D eigenvalue weighted by Gasteiger charge is -2.23. The molecule has 1 aromatic rings. The van der Waals surface area contributed by atoms with Gasteiger partial charge in [-0.05, 0) is 49.8 Å². The van der Waals surface area contributed by atoms with Crippen LogP contribution in [-0.2, 0) is 6.54 Å². The summed E-state index contributed by atoms with van der Waals surface area (Å²) in [7, 11) is 0. The Kier molecular flexibility index (Phi) is 7.08. The van der Waals surface area contributed by atoms with Crippen molar-refractivity contribution in [2.24, 2.45) is 5.92 Å². The third kappa shape index (κ3) is 5.70. The summed E-state index contributed by atoms with van der Waals surface area (Å²) in [6.45, 7) is 6.24. The highest BCUT2D eigenvalue weighted by atomic mass is 16.5. The first-order chi connectivity index (χ1) is 10.3. The molecule has 0 spiro atoms. The summed E-state index contributed by atoms with van der Waals surface area (Å²) >= 11 is 0. The molecule has 0 radical (unpaired) electrons. The minimum absolute atomic E-state index is 0.614. The Balaban J connectivity index is 1.81. The third-order valence-electron chi connectivity index (χ3n) is 4.61. The average molecular weight is 289 g/mol. The molecule has 0 aromatic heterocycles. The fourth-order valence-corrected chi connectivity index (χ4v) is 3.22. The van der Waals surface area contributed by atoms with E-state index in [2.05, 4.69) is 37.4 Å². The van der Waals surface area contributed by atoms with E-state index in [-0.39, 0.29) is 0 Å². The van der Waals surface area contributed by atoms with Crippen molar-refractivity contribution in [1.82, 2.24) is 5.32 Å². The molecule has 0 amide bonds. The van der Waals surface area contributed by atoms with Gasteiger partial charge in [-0.15, -0.1) is 0 Å². The molecule has 1 aromatic carbocycles. The molecule has 0 aliphatic heterocycles. The van der Waals surface area contributed by atoms with Gasteiger partial charge in [0.05, 0.1) is 6.61 Å². The molecule has 1 atom stereocenters. The molecule has 2 nitrogen and oxygen atoms in total. The molecule has 1 aliphatic carbocycles. The summed E-state index contributed by atoms with van der Waals surface area (Å²) < 4.78 is 5.71. The number of hydrogen-bond donors (Lipinski definition) is 1. The standard InChI is InChI=1S/C19H31NO/c1-3-13-21-19-12-8-9-17(14-19)15-20-16(2)18-10-6-4-5-7-11-18/h8-9,12,14,16,18,20H,3-7,10-11,13,15H2,1-2H3/t16-/m0/s1. The van der Waals surface area contributed by atoms with Gasteiger partial charge < -0.3 is 10.1 Å². The van der Waals surface area contributed by atoms with Crippen LogP contribution in [0.2, 0.25) is 0 Å². The lowest BCUT2D eigenvalue weighted by Crippen LogP contribution is -2.32. The predicted octanol–water partition coefficient (Wildman–Crippen LogP) is 4.92. The Labute approximate surface area is 130 Å². The normalized spacial score (nSPS) is 18.2. The van der Waals surface area contributed by atoms with Crippen molar-refractivity contribution in [2.75, 3.05) is 6.61 Å². The van der Waals surface area contributed by atoms with Gasteiger partial charge in [0, 0.05) is 12.6 Å². The van der Waals surface area contributed by atoms with Gasteiger partial charge >= 0.3 is 0 Å². The van der Waals surface area contributed by atoms with Crippen LogP contribution in [0.1, 0.15) is 64.4 Å². The largest absolute Gasteiger partial charge is 0.494 e. The Morgan fingerprint density at radius 1 is 1.19 bits per heavy atom. The van der Waals surface area contributed by atoms with Crippen LogP contribution in [0.4, 0.5) is 0 Å². The van der Waals surface area contributed by atoms with E-state index >= 15 is 0 Å². The van der Waals surface area contributed by atoms with Crippen LogP contribution in [0, 0.1) is 5.92 Å². The summed E-state index contributed by atoms with van der Waals surface area (Å²) in [5, 5.41) is 3.72. The van der Waals surface area contributed by atoms with Gasteiger partial charge in [0.15, 0.2) is 0 Å². The second kappa shape index (κ2) is 9.09. The Morgan fingerprint density at radius 3 is 2.67 bits per heavy atom. The van der Waals surface area contributed by atoms with Gasteiger partial charge in [0.1, 0.15) is 5.75 Å². The smallest absolute Gasteiger partial charge is 0.119 e. The lowest BCUT2D eigenvalue weighted by atomic mass is 9.93. The third-order valence-corrected chi connectivity index (χ3v) is 4.61. The fraction of sp³-hybridized carbons (Fsp3) is 0.684. The highest BCUT2D eigenvalue weighted by Crippen LogP contribution is 2.25. The number of nitrogens with one attached hydrogen (secondary N) is 1. The second-order valence-electron chi connectivity index (χ2n) is 6.42. The van der Waals surface area contributed by atoms with Gasteiger partial charge in [0.2, 0.25) is 0 Å². The van der Waals surface area contributed by atoms with Crippen LogP contribution in [0.25, 0.3) is 0 Å². The summed E-state index contributed by atoms with van der Waals surface area (Å²) in [4.78, 5) is 0. The van der Waals surface area contributed by atoms with Crippen LogP contribution in [0.5, 0.6) is 5.75 Å². The first kappa shape index (κ1) is 16.4. The van der Waals surface area contributed by atoms with Gasteiger partial charge in [-0.2, -0.15) is 0 Å². The van der Waals surface area contributed by atoms with E-state index in [4.69, 9.17) is 4.74 Å². The number of ether oxygens (including phenoxy) is 1. The summed E-state index contributed by atoms with van der Waals surface area (Å²) in [6.07, 6.45) is 9.54. The molecule has 118 valence electrons. The highest BCUT2D eigenvalue weighted by molar-refractivity contribution is 5.28. The van der Waals surface area contributed by atoms with Crippen molar-refractivity contribution in [3.8, 4) is 5.75 Å². The van der Waals surface area contributed by atoms with Gasteiger partial charge in [0.25, 0.3) is 0 Å². The topological polar surface area (TPSA) is 21.3 Å². The monoisotopic (exact) mass is 289 g/mol. The first-order valence-corrected chi connectivity index (χ1v) is 8.74. The molecule has 0 unspecified atom stereocenters. The Morgan fingerprint density at radius 2 is 1.95 bits per heavy atom. The summed E-state index contributed by atoms with van der Waals surface area (Å²) in [5.41, 5.74) is 1.32. The summed E-state index contributed by atoms with van der Waals surface area (Å²) in [6, 6.07) is 9.11. The maximum atomic E-state index is 5.71. The van der Waals surface area contributed by atoms with Crippen molar-refractivity contribution in [2.45, 2.75) is 71.4 Å². The minimum Gasteiger partial charge on any atom is -0.494 e. The lowest BCUT2D eigenvalue weighted by molar-refractivity contribution is 0.316. The van der Waals surface area contributed by atoms with Crippen molar-refractivity contribution in [1.29, 1.82) is 0 Å². The van der Waals surface area contributed by atoms with Gasteiger partial charge in [-0.25, -0.2) is 0 Å². The number of benzene rings is 1. The highest BCUT2D eigenvalue weighted by Gasteiger charge is 2.18. The molecule has 1 aliphatic rings. The molecular formula is C19H31NO. The van der Waals surface area contributed by atoms with Gasteiger partial charge in [-0.3, -0.25) is 0 Å². The Bertz CT molecular complexity index is 396. The van der Waals surface area contributed by atoms with Crippen LogP contribution in [0.15, 0.2) is 24.3 Å². The van der Waals surface area contributed by atoms with Crippen molar-refractivity contribution in [3.63, 3.8) is 0 Å². The van der Waals surface area contributed by atoms with E-state index in [9.17, 15) is 0 Å². The van der Waals surface area contributed by atoms with Crippen molar-refractivity contribution in [3.05, 3.63) is 29.8 Å². The molecule has 1 fully saturated rings. The molecule has 1 N–H and O–H groups in total. The first-order valence-electron chi connectivity index (χ1n) is 8.74. The Hall–Kier alpha value is -1.02. The van der Waals surface area contributed by atoms with Gasteiger partial charge in [-0.1, -0.05) is 44.7 Å². The summed E-state index contributed by atoms with van der Waals surface area (Å²) in [5.74, 6) is 1.85. The van der Waals surface area contributed by atoms with Crippen molar-refractivity contribution < 1.29 is 4.74 Å². The maximum Gasteiger partial charge on any atom is 0.119 e. The van der Waals surface area contributed by atoms with Crippen LogP contribution >= 0.6 is 0 Å². The molecule has 21 heavy (non-hydrogen) atoms. The second-order valence-corrected chi connectivity index (χ2v) is 6.42. The molecule has 1 saturated carbocycles. The fourth-order valence-electron chi connectivity index (χ4n) is 3.22. The molecular weight excluding hydrogens is 258 g/mol. The van der Waals surface area contributed by atoms with E-state index in [1.165, 1.54) is 44.1 Å². The SMILES string of the molecule is CCCOc1cccc(CN[C@@H](C)C2CCCCCC2)c1. The predicted molar refractivity (Wildman–Crippen MR) is 89.7 cm³/mol. The molecule has 2 heteroatoms. The van der Waals surface area contributed by atoms with E-state index < -0.39 is 0 Å². The van der Waals surface area contributed by atoms with Crippen molar-refractivity contribution >= 4 is 0 Å². The minimum atomic E-state index is 0.614. The number of hydrogen-bond acceptors (Lipinski definition) is 2. The van der Waals surface area contributed by atoms with Crippen LogP contribution < -0.4 is 10.1 Å². The van der Waals surface area contributed by atoms with Crippen LogP contribution in [-0.4, -0.2) is 12.6 Å². The molecule has 0 saturated heterocycles. The van der Waals surface area contributed by atoms with Crippen LogP contribution in [0.3, 0.4) is 0 Å². The number of rotatable bonds is 7. The zero-order chi connectivity index (χ0) is 14.9.